The van der Waals surface area contributed by atoms with E-state index in [1.807, 2.05) is 13.0 Å². The molecule has 1 aliphatic rings. The molecule has 3 N–H and O–H groups in total. The van der Waals surface area contributed by atoms with Gasteiger partial charge in [-0.15, -0.1) is 0 Å². The second kappa shape index (κ2) is 8.81. The Morgan fingerprint density at radius 1 is 1.45 bits per heavy atom. The minimum atomic E-state index is -1.16. The van der Waals surface area contributed by atoms with Crippen molar-refractivity contribution < 1.29 is 23.0 Å². The molecule has 1 aromatic heterocycles. The summed E-state index contributed by atoms with van der Waals surface area (Å²) < 4.78 is 40.4. The third-order valence-electron chi connectivity index (χ3n) is 4.33. The minimum absolute atomic E-state index is 0.00325. The van der Waals surface area contributed by atoms with Gasteiger partial charge in [-0.1, -0.05) is 19.1 Å². The lowest BCUT2D eigenvalue weighted by molar-refractivity contribution is -0.139. The molecule has 10 heteroatoms. The summed E-state index contributed by atoms with van der Waals surface area (Å²) in [6.07, 6.45) is 1.85. The van der Waals surface area contributed by atoms with Crippen molar-refractivity contribution >= 4 is 11.8 Å². The molecule has 2 heterocycles. The number of rotatable bonds is 7. The predicted octanol–water partition coefficient (Wildman–Crippen LogP) is 2.19. The van der Waals surface area contributed by atoms with E-state index >= 15 is 0 Å². The third kappa shape index (κ3) is 3.83. The molecule has 1 aliphatic heterocycles. The van der Waals surface area contributed by atoms with Gasteiger partial charge in [0.05, 0.1) is 37.4 Å². The van der Waals surface area contributed by atoms with Crippen LogP contribution in [-0.2, 0) is 14.3 Å². The normalized spacial score (nSPS) is 15.5. The zero-order valence-corrected chi connectivity index (χ0v) is 15.6. The number of ether oxygens (including phenoxy) is 2. The van der Waals surface area contributed by atoms with E-state index in [1.54, 1.807) is 0 Å². The fourth-order valence-corrected chi connectivity index (χ4v) is 3.06. The number of fused-ring (bicyclic) bond motifs is 1. The summed E-state index contributed by atoms with van der Waals surface area (Å²) in [5, 5.41) is 16.4. The van der Waals surface area contributed by atoms with Crippen molar-refractivity contribution in [1.82, 2.24) is 9.78 Å². The number of hydrogen-bond donors (Lipinski definition) is 2. The van der Waals surface area contributed by atoms with Crippen LogP contribution in [0.2, 0.25) is 0 Å². The van der Waals surface area contributed by atoms with Crippen LogP contribution in [0.25, 0.3) is 0 Å². The number of carbonyl (C=O) groups excluding carboxylic acids is 1. The van der Waals surface area contributed by atoms with E-state index in [2.05, 4.69) is 10.4 Å². The molecule has 0 radical (unpaired) electrons. The van der Waals surface area contributed by atoms with Gasteiger partial charge in [0.1, 0.15) is 23.5 Å². The first-order valence-corrected chi connectivity index (χ1v) is 8.89. The molecule has 0 fully saturated rings. The first kappa shape index (κ1) is 20.4. The highest BCUT2D eigenvalue weighted by Gasteiger charge is 2.38. The lowest BCUT2D eigenvalue weighted by atomic mass is 9.94. The molecule has 1 unspecified atom stereocenters. The maximum Gasteiger partial charge on any atom is 0.338 e. The van der Waals surface area contributed by atoms with Gasteiger partial charge in [0.15, 0.2) is 11.6 Å². The van der Waals surface area contributed by atoms with E-state index in [0.717, 1.165) is 6.07 Å². The SMILES string of the molecule is CCCOC(=O)C1=C(COCN)Nc2c(C#N)cnn2C1c1cccc(F)c1F. The molecule has 152 valence electrons. The number of hydrogen-bond acceptors (Lipinski definition) is 7. The van der Waals surface area contributed by atoms with Gasteiger partial charge >= 0.3 is 5.97 Å². The lowest BCUT2D eigenvalue weighted by Gasteiger charge is -2.30. The Labute approximate surface area is 165 Å². The molecule has 1 aromatic carbocycles. The number of esters is 1. The molecular weight excluding hydrogens is 384 g/mol. The Bertz CT molecular complexity index is 996. The smallest absolute Gasteiger partial charge is 0.338 e. The predicted molar refractivity (Wildman–Crippen MR) is 98.3 cm³/mol. The quantitative estimate of drug-likeness (QED) is 0.538. The Kier molecular flexibility index (Phi) is 6.21. The van der Waals surface area contributed by atoms with Crippen molar-refractivity contribution in [2.24, 2.45) is 5.73 Å². The zero-order chi connectivity index (χ0) is 21.0. The van der Waals surface area contributed by atoms with Crippen LogP contribution in [0.3, 0.4) is 0 Å². The fourth-order valence-electron chi connectivity index (χ4n) is 3.06. The van der Waals surface area contributed by atoms with Crippen molar-refractivity contribution in [3.63, 3.8) is 0 Å². The Hall–Kier alpha value is -3.29. The van der Waals surface area contributed by atoms with Crippen LogP contribution in [0.5, 0.6) is 0 Å². The second-order valence-electron chi connectivity index (χ2n) is 6.18. The average molecular weight is 403 g/mol. The first-order chi connectivity index (χ1) is 14.0. The number of benzene rings is 1. The van der Waals surface area contributed by atoms with E-state index < -0.39 is 23.6 Å². The first-order valence-electron chi connectivity index (χ1n) is 8.89. The Morgan fingerprint density at radius 2 is 2.24 bits per heavy atom. The third-order valence-corrected chi connectivity index (χ3v) is 4.33. The fraction of sp³-hybridized carbons (Fsp3) is 0.316. The molecule has 8 nitrogen and oxygen atoms in total. The summed E-state index contributed by atoms with van der Waals surface area (Å²) in [7, 11) is 0. The van der Waals surface area contributed by atoms with E-state index in [1.165, 1.54) is 23.0 Å². The standard InChI is InChI=1S/C19H19F2N5O3/c1-2-6-29-19(27)15-14(9-28-10-23)25-18-11(7-22)8-24-26(18)17(15)12-4-3-5-13(20)16(12)21/h3-5,8,17,25H,2,6,9-10,23H2,1H3. The summed E-state index contributed by atoms with van der Waals surface area (Å²) in [5.74, 6) is -2.71. The summed E-state index contributed by atoms with van der Waals surface area (Å²) >= 11 is 0. The molecule has 2 aromatic rings. The van der Waals surface area contributed by atoms with Crippen LogP contribution < -0.4 is 11.1 Å². The molecule has 1 atom stereocenters. The Morgan fingerprint density at radius 3 is 2.93 bits per heavy atom. The van der Waals surface area contributed by atoms with E-state index in [-0.39, 0.29) is 48.2 Å². The summed E-state index contributed by atoms with van der Waals surface area (Å²) in [4.78, 5) is 12.9. The number of nitrogens with zero attached hydrogens (tertiary/aromatic N) is 3. The Balaban J connectivity index is 2.23. The summed E-state index contributed by atoms with van der Waals surface area (Å²) in [5.41, 5.74) is 5.66. The van der Waals surface area contributed by atoms with Crippen LogP contribution in [-0.4, -0.2) is 35.7 Å². The molecular formula is C19H19F2N5O3. The van der Waals surface area contributed by atoms with E-state index in [4.69, 9.17) is 15.2 Å². The van der Waals surface area contributed by atoms with Crippen LogP contribution in [0.4, 0.5) is 14.6 Å². The summed E-state index contributed by atoms with van der Waals surface area (Å²) in [6, 6.07) is 4.46. The highest BCUT2D eigenvalue weighted by Crippen LogP contribution is 2.39. The highest BCUT2D eigenvalue weighted by atomic mass is 19.2. The van der Waals surface area contributed by atoms with Gasteiger partial charge in [-0.2, -0.15) is 10.4 Å². The van der Waals surface area contributed by atoms with Crippen LogP contribution in [0, 0.1) is 23.0 Å². The van der Waals surface area contributed by atoms with Gasteiger partial charge in [0.25, 0.3) is 0 Å². The largest absolute Gasteiger partial charge is 0.462 e. The number of aromatic nitrogens is 2. The highest BCUT2D eigenvalue weighted by molar-refractivity contribution is 5.93. The van der Waals surface area contributed by atoms with Crippen molar-refractivity contribution in [3.8, 4) is 6.07 Å². The van der Waals surface area contributed by atoms with Gasteiger partial charge in [0.2, 0.25) is 0 Å². The number of nitrogens with one attached hydrogen (secondary N) is 1. The minimum Gasteiger partial charge on any atom is -0.462 e. The van der Waals surface area contributed by atoms with Crippen molar-refractivity contribution in [2.45, 2.75) is 19.4 Å². The van der Waals surface area contributed by atoms with E-state index in [9.17, 15) is 18.8 Å². The van der Waals surface area contributed by atoms with Crippen molar-refractivity contribution in [3.05, 3.63) is 58.4 Å². The van der Waals surface area contributed by atoms with E-state index in [0.29, 0.717) is 6.42 Å². The molecule has 0 spiro atoms. The molecule has 3 rings (SSSR count). The number of nitriles is 1. The monoisotopic (exact) mass is 403 g/mol. The zero-order valence-electron chi connectivity index (χ0n) is 15.6. The number of nitrogens with two attached hydrogens (primary N) is 1. The number of carbonyl (C=O) groups is 1. The van der Waals surface area contributed by atoms with Crippen LogP contribution in [0.15, 0.2) is 35.7 Å². The summed E-state index contributed by atoms with van der Waals surface area (Å²) in [6.45, 7) is 1.71. The molecule has 0 aliphatic carbocycles. The average Bonchev–Trinajstić information content (AvgIpc) is 3.14. The molecule has 29 heavy (non-hydrogen) atoms. The van der Waals surface area contributed by atoms with Crippen molar-refractivity contribution in [1.29, 1.82) is 5.26 Å². The second-order valence-corrected chi connectivity index (χ2v) is 6.18. The lowest BCUT2D eigenvalue weighted by Crippen LogP contribution is -2.33. The van der Waals surface area contributed by atoms with Gasteiger partial charge in [-0.05, 0) is 12.5 Å². The van der Waals surface area contributed by atoms with Gasteiger partial charge in [-0.25, -0.2) is 18.3 Å². The van der Waals surface area contributed by atoms with Gasteiger partial charge in [-0.3, -0.25) is 0 Å². The number of halogens is 2. The molecule has 0 amide bonds. The number of anilines is 1. The molecule has 0 bridgehead atoms. The van der Waals surface area contributed by atoms with Crippen molar-refractivity contribution in [2.75, 3.05) is 25.3 Å². The van der Waals surface area contributed by atoms with Crippen LogP contribution in [0.1, 0.15) is 30.5 Å². The maximum atomic E-state index is 14.7. The molecule has 0 saturated heterocycles. The van der Waals surface area contributed by atoms with Gasteiger partial charge < -0.3 is 20.5 Å². The van der Waals surface area contributed by atoms with Crippen LogP contribution >= 0.6 is 0 Å². The maximum absolute atomic E-state index is 14.7. The molecule has 0 saturated carbocycles. The topological polar surface area (TPSA) is 115 Å². The van der Waals surface area contributed by atoms with Gasteiger partial charge in [0, 0.05) is 5.56 Å².